The molecule has 1 N–H and O–H groups in total. The van der Waals surface area contributed by atoms with Gasteiger partial charge in [0.15, 0.2) is 0 Å². The third kappa shape index (κ3) is 2.65. The van der Waals surface area contributed by atoms with Gasteiger partial charge in [-0.05, 0) is 24.6 Å². The molecular formula is C17H19F2N5O. The van der Waals surface area contributed by atoms with Crippen LogP contribution in [0, 0.1) is 5.41 Å². The number of hydrogen-bond acceptors (Lipinski definition) is 4. The Balaban J connectivity index is 1.57. The molecule has 25 heavy (non-hydrogen) atoms. The van der Waals surface area contributed by atoms with Crippen molar-refractivity contribution in [2.75, 3.05) is 31.1 Å². The molecule has 1 amide bonds. The number of hydrogen-bond donors (Lipinski definition) is 1. The van der Waals surface area contributed by atoms with Gasteiger partial charge in [0.05, 0.1) is 5.41 Å². The van der Waals surface area contributed by atoms with Crippen LogP contribution < -0.4 is 4.90 Å². The molecule has 6 nitrogen and oxygen atoms in total. The molecule has 2 fully saturated rings. The number of H-pyrrole nitrogens is 1. The summed E-state index contributed by atoms with van der Waals surface area (Å²) in [6.07, 6.45) is 3.17. The number of halogens is 2. The first-order valence-electron chi connectivity index (χ1n) is 8.33. The Hall–Kier alpha value is -2.51. The van der Waals surface area contributed by atoms with Gasteiger partial charge in [0.25, 0.3) is 11.8 Å². The second-order valence-electron chi connectivity index (χ2n) is 6.79. The minimum atomic E-state index is -2.80. The lowest BCUT2D eigenvalue weighted by molar-refractivity contribution is -0.150. The maximum Gasteiger partial charge on any atom is 0.271 e. The van der Waals surface area contributed by atoms with Gasteiger partial charge in [-0.3, -0.25) is 9.89 Å². The number of likely N-dealkylation sites (tertiary alicyclic amines) is 1. The number of aromatic nitrogens is 3. The molecule has 2 saturated heterocycles. The van der Waals surface area contributed by atoms with Crippen LogP contribution in [0.1, 0.15) is 23.3 Å². The summed E-state index contributed by atoms with van der Waals surface area (Å²) in [6.45, 7) is 0.805. The number of carbonyl (C=O) groups excluding carboxylic acids is 1. The summed E-state index contributed by atoms with van der Waals surface area (Å²) in [5.74, 6) is -2.38. The van der Waals surface area contributed by atoms with Crippen molar-refractivity contribution in [1.29, 1.82) is 0 Å². The van der Waals surface area contributed by atoms with E-state index in [0.717, 1.165) is 0 Å². The number of piperidine rings is 1. The van der Waals surface area contributed by atoms with Gasteiger partial charge in [-0.2, -0.15) is 5.10 Å². The summed E-state index contributed by atoms with van der Waals surface area (Å²) >= 11 is 0. The third-order valence-electron chi connectivity index (χ3n) is 5.31. The molecule has 4 rings (SSSR count). The van der Waals surface area contributed by atoms with Gasteiger partial charge in [0.2, 0.25) is 0 Å². The van der Waals surface area contributed by atoms with E-state index in [9.17, 15) is 13.6 Å². The molecule has 8 heteroatoms. The summed E-state index contributed by atoms with van der Waals surface area (Å²) in [5.41, 5.74) is -0.904. The Morgan fingerprint density at radius 3 is 2.72 bits per heavy atom. The average molecular weight is 347 g/mol. The molecular weight excluding hydrogens is 328 g/mol. The van der Waals surface area contributed by atoms with E-state index in [4.69, 9.17) is 0 Å². The van der Waals surface area contributed by atoms with Crippen LogP contribution in [0.4, 0.5) is 14.6 Å². The maximum atomic E-state index is 14.8. The molecule has 132 valence electrons. The van der Waals surface area contributed by atoms with E-state index in [1.165, 1.54) is 11.1 Å². The van der Waals surface area contributed by atoms with Gasteiger partial charge in [0.1, 0.15) is 11.5 Å². The predicted octanol–water partition coefficient (Wildman–Crippen LogP) is 2.18. The van der Waals surface area contributed by atoms with Crippen LogP contribution in [-0.4, -0.2) is 58.1 Å². The van der Waals surface area contributed by atoms with Crippen LogP contribution in [0.5, 0.6) is 0 Å². The molecule has 2 aromatic rings. The standard InChI is InChI=1S/C17H19F2N5O/c18-17(19)6-10-24(15(25)13-4-8-21-22-13)12-16(17)5-9-23(11-16)14-3-1-2-7-20-14/h1-4,7-8H,5-6,9-12H2,(H,21,22)/t16-/m0/s1. The van der Waals surface area contributed by atoms with Gasteiger partial charge in [0, 0.05) is 45.0 Å². The molecule has 4 heterocycles. The number of nitrogens with one attached hydrogen (secondary N) is 1. The second-order valence-corrected chi connectivity index (χ2v) is 6.79. The van der Waals surface area contributed by atoms with Crippen LogP contribution >= 0.6 is 0 Å². The molecule has 1 spiro atoms. The predicted molar refractivity (Wildman–Crippen MR) is 87.6 cm³/mol. The summed E-state index contributed by atoms with van der Waals surface area (Å²) in [5, 5.41) is 6.39. The zero-order chi connectivity index (χ0) is 17.5. The van der Waals surface area contributed by atoms with Crippen LogP contribution in [0.15, 0.2) is 36.7 Å². The number of nitrogens with zero attached hydrogens (tertiary/aromatic N) is 4. The number of carbonyl (C=O) groups is 1. The first-order valence-corrected chi connectivity index (χ1v) is 8.33. The summed E-state index contributed by atoms with van der Waals surface area (Å²) in [7, 11) is 0. The van der Waals surface area contributed by atoms with Crippen LogP contribution in [0.3, 0.4) is 0 Å². The van der Waals surface area contributed by atoms with Crippen molar-refractivity contribution in [3.63, 3.8) is 0 Å². The Morgan fingerprint density at radius 2 is 2.00 bits per heavy atom. The highest BCUT2D eigenvalue weighted by Gasteiger charge is 2.60. The smallest absolute Gasteiger partial charge is 0.271 e. The van der Waals surface area contributed by atoms with Gasteiger partial charge in [-0.25, -0.2) is 13.8 Å². The van der Waals surface area contributed by atoms with Crippen LogP contribution in [-0.2, 0) is 0 Å². The normalized spacial score (nSPS) is 25.5. The first kappa shape index (κ1) is 16.0. The summed E-state index contributed by atoms with van der Waals surface area (Å²) < 4.78 is 29.7. The fourth-order valence-electron chi connectivity index (χ4n) is 3.86. The van der Waals surface area contributed by atoms with Crippen molar-refractivity contribution in [1.82, 2.24) is 20.1 Å². The Kier molecular flexibility index (Phi) is 3.70. The Morgan fingerprint density at radius 1 is 1.12 bits per heavy atom. The van der Waals surface area contributed by atoms with E-state index >= 15 is 0 Å². The number of pyridine rings is 1. The largest absolute Gasteiger partial charge is 0.356 e. The fraction of sp³-hybridized carbons (Fsp3) is 0.471. The SMILES string of the molecule is O=C(c1ccn[nH]1)N1CCC(F)(F)[C@]2(CCN(c3ccccn3)C2)C1. The number of alkyl halides is 2. The van der Waals surface area contributed by atoms with E-state index in [1.807, 2.05) is 17.0 Å². The number of anilines is 1. The molecule has 0 unspecified atom stereocenters. The molecule has 1 atom stereocenters. The molecule has 2 aliphatic rings. The lowest BCUT2D eigenvalue weighted by atomic mass is 9.75. The van der Waals surface area contributed by atoms with Crippen LogP contribution in [0.25, 0.3) is 0 Å². The van der Waals surface area contributed by atoms with E-state index in [0.29, 0.717) is 24.5 Å². The van der Waals surface area contributed by atoms with E-state index in [2.05, 4.69) is 15.2 Å². The number of rotatable bonds is 2. The van der Waals surface area contributed by atoms with Crippen molar-refractivity contribution in [3.8, 4) is 0 Å². The summed E-state index contributed by atoms with van der Waals surface area (Å²) in [4.78, 5) is 20.2. The minimum absolute atomic E-state index is 0.0428. The highest BCUT2D eigenvalue weighted by Crippen LogP contribution is 2.50. The van der Waals surface area contributed by atoms with Crippen LogP contribution in [0.2, 0.25) is 0 Å². The molecule has 0 aromatic carbocycles. The first-order chi connectivity index (χ1) is 12.0. The van der Waals surface area contributed by atoms with E-state index in [-0.39, 0.29) is 32.0 Å². The molecule has 2 aliphatic heterocycles. The highest BCUT2D eigenvalue weighted by atomic mass is 19.3. The number of aromatic amines is 1. The lowest BCUT2D eigenvalue weighted by Gasteiger charge is -2.45. The highest BCUT2D eigenvalue weighted by molar-refractivity contribution is 5.92. The van der Waals surface area contributed by atoms with Crippen molar-refractivity contribution >= 4 is 11.7 Å². The maximum absolute atomic E-state index is 14.8. The quantitative estimate of drug-likeness (QED) is 0.904. The zero-order valence-corrected chi connectivity index (χ0v) is 13.7. The molecule has 0 bridgehead atoms. The Labute approximate surface area is 143 Å². The minimum Gasteiger partial charge on any atom is -0.356 e. The van der Waals surface area contributed by atoms with Crippen molar-refractivity contribution < 1.29 is 13.6 Å². The van der Waals surface area contributed by atoms with Crippen molar-refractivity contribution in [2.45, 2.75) is 18.8 Å². The van der Waals surface area contributed by atoms with E-state index in [1.54, 1.807) is 18.3 Å². The average Bonchev–Trinajstić information content (AvgIpc) is 3.29. The van der Waals surface area contributed by atoms with Crippen molar-refractivity contribution in [3.05, 3.63) is 42.4 Å². The van der Waals surface area contributed by atoms with E-state index < -0.39 is 11.3 Å². The fourth-order valence-corrected chi connectivity index (χ4v) is 3.86. The third-order valence-corrected chi connectivity index (χ3v) is 5.31. The lowest BCUT2D eigenvalue weighted by Crippen LogP contribution is -2.58. The van der Waals surface area contributed by atoms with Gasteiger partial charge in [-0.1, -0.05) is 6.07 Å². The molecule has 2 aromatic heterocycles. The van der Waals surface area contributed by atoms with Gasteiger partial charge >= 0.3 is 0 Å². The molecule has 0 saturated carbocycles. The second kappa shape index (κ2) is 5.79. The zero-order valence-electron chi connectivity index (χ0n) is 13.7. The Bertz CT molecular complexity index is 752. The monoisotopic (exact) mass is 347 g/mol. The number of amides is 1. The van der Waals surface area contributed by atoms with Gasteiger partial charge in [-0.15, -0.1) is 0 Å². The topological polar surface area (TPSA) is 65.1 Å². The van der Waals surface area contributed by atoms with Crippen molar-refractivity contribution in [2.24, 2.45) is 5.41 Å². The molecule has 0 radical (unpaired) electrons. The molecule has 0 aliphatic carbocycles. The summed E-state index contributed by atoms with van der Waals surface area (Å²) in [6, 6.07) is 7.04. The van der Waals surface area contributed by atoms with Gasteiger partial charge < -0.3 is 9.80 Å².